The van der Waals surface area contributed by atoms with E-state index in [9.17, 15) is 4.79 Å². The highest BCUT2D eigenvalue weighted by Gasteiger charge is 2.20. The molecule has 1 atom stereocenters. The average Bonchev–Trinajstić information content (AvgIpc) is 2.48. The molecule has 1 aromatic rings. The van der Waals surface area contributed by atoms with Gasteiger partial charge in [-0.15, -0.1) is 0 Å². The average molecular weight is 161 g/mol. The fourth-order valence-corrected chi connectivity index (χ4v) is 1.85. The maximum atomic E-state index is 10.6. The Balaban J connectivity index is 2.57. The van der Waals surface area contributed by atoms with Crippen molar-refractivity contribution in [1.29, 1.82) is 0 Å². The van der Waals surface area contributed by atoms with Crippen LogP contribution < -0.4 is 0 Å². The van der Waals surface area contributed by atoms with E-state index >= 15 is 0 Å². The van der Waals surface area contributed by atoms with Crippen LogP contribution in [-0.2, 0) is 6.42 Å². The molecule has 62 valence electrons. The lowest BCUT2D eigenvalue weighted by atomic mass is 10.0. The van der Waals surface area contributed by atoms with Crippen LogP contribution in [0.1, 0.15) is 40.7 Å². The van der Waals surface area contributed by atoms with Crippen molar-refractivity contribution < 1.29 is 4.79 Å². The molecule has 1 aliphatic carbocycles. The SMILES string of the molecule is CC1CCc2c(C=O)cncc21. The van der Waals surface area contributed by atoms with E-state index in [0.717, 1.165) is 24.7 Å². The van der Waals surface area contributed by atoms with Crippen molar-refractivity contribution in [1.82, 2.24) is 4.98 Å². The van der Waals surface area contributed by atoms with Crippen molar-refractivity contribution in [2.75, 3.05) is 0 Å². The highest BCUT2D eigenvalue weighted by atomic mass is 16.1. The molecule has 0 amide bonds. The quantitative estimate of drug-likeness (QED) is 0.589. The van der Waals surface area contributed by atoms with E-state index in [-0.39, 0.29) is 0 Å². The Morgan fingerprint density at radius 2 is 2.42 bits per heavy atom. The normalized spacial score (nSPS) is 20.6. The van der Waals surface area contributed by atoms with Crippen LogP contribution in [0.4, 0.5) is 0 Å². The standard InChI is InChI=1S/C10H11NO/c1-7-2-3-9-8(6-12)4-11-5-10(7)9/h4-7H,2-3H2,1H3. The second-order valence-electron chi connectivity index (χ2n) is 3.35. The van der Waals surface area contributed by atoms with Crippen LogP contribution in [0.5, 0.6) is 0 Å². The first kappa shape index (κ1) is 7.47. The van der Waals surface area contributed by atoms with Crippen molar-refractivity contribution in [3.8, 4) is 0 Å². The summed E-state index contributed by atoms with van der Waals surface area (Å²) in [5.41, 5.74) is 3.25. The van der Waals surface area contributed by atoms with Gasteiger partial charge in [-0.25, -0.2) is 0 Å². The Labute approximate surface area is 71.6 Å². The zero-order chi connectivity index (χ0) is 8.55. The van der Waals surface area contributed by atoms with Gasteiger partial charge in [-0.2, -0.15) is 0 Å². The molecule has 1 aliphatic rings. The maximum Gasteiger partial charge on any atom is 0.151 e. The monoisotopic (exact) mass is 161 g/mol. The fraction of sp³-hybridized carbons (Fsp3) is 0.400. The van der Waals surface area contributed by atoms with Crippen LogP contribution >= 0.6 is 0 Å². The second-order valence-corrected chi connectivity index (χ2v) is 3.35. The van der Waals surface area contributed by atoms with Gasteiger partial charge in [-0.3, -0.25) is 9.78 Å². The Hall–Kier alpha value is -1.18. The van der Waals surface area contributed by atoms with Gasteiger partial charge in [0.25, 0.3) is 0 Å². The second kappa shape index (κ2) is 2.70. The molecule has 1 aromatic heterocycles. The highest BCUT2D eigenvalue weighted by Crippen LogP contribution is 2.32. The molecule has 2 rings (SSSR count). The molecule has 0 bridgehead atoms. The summed E-state index contributed by atoms with van der Waals surface area (Å²) < 4.78 is 0. The lowest BCUT2D eigenvalue weighted by molar-refractivity contribution is 0.112. The molecule has 2 nitrogen and oxygen atoms in total. The van der Waals surface area contributed by atoms with Crippen LogP contribution in [-0.4, -0.2) is 11.3 Å². The number of carbonyl (C=O) groups is 1. The lowest BCUT2D eigenvalue weighted by Crippen LogP contribution is -1.93. The van der Waals surface area contributed by atoms with Crippen molar-refractivity contribution in [3.05, 3.63) is 29.1 Å². The van der Waals surface area contributed by atoms with Crippen molar-refractivity contribution in [3.63, 3.8) is 0 Å². The van der Waals surface area contributed by atoms with Crippen LogP contribution in [0.2, 0.25) is 0 Å². The third-order valence-corrected chi connectivity index (χ3v) is 2.61. The van der Waals surface area contributed by atoms with Crippen LogP contribution in [0.3, 0.4) is 0 Å². The van der Waals surface area contributed by atoms with E-state index in [1.165, 1.54) is 11.1 Å². The van der Waals surface area contributed by atoms with Crippen LogP contribution in [0.25, 0.3) is 0 Å². The van der Waals surface area contributed by atoms with Crippen LogP contribution in [0.15, 0.2) is 12.4 Å². The van der Waals surface area contributed by atoms with Gasteiger partial charge in [-0.1, -0.05) is 6.92 Å². The lowest BCUT2D eigenvalue weighted by Gasteiger charge is -2.03. The maximum absolute atomic E-state index is 10.6. The summed E-state index contributed by atoms with van der Waals surface area (Å²) >= 11 is 0. The number of fused-ring (bicyclic) bond motifs is 1. The first-order chi connectivity index (χ1) is 5.83. The van der Waals surface area contributed by atoms with Crippen molar-refractivity contribution >= 4 is 6.29 Å². The smallest absolute Gasteiger partial charge is 0.151 e. The van der Waals surface area contributed by atoms with Gasteiger partial charge in [0.05, 0.1) is 0 Å². The number of carbonyl (C=O) groups excluding carboxylic acids is 1. The van der Waals surface area contributed by atoms with E-state index in [4.69, 9.17) is 0 Å². The Morgan fingerprint density at radius 3 is 3.17 bits per heavy atom. The largest absolute Gasteiger partial charge is 0.298 e. The number of hydrogen-bond acceptors (Lipinski definition) is 2. The summed E-state index contributed by atoms with van der Waals surface area (Å²) in [5.74, 6) is 0.576. The summed E-state index contributed by atoms with van der Waals surface area (Å²) in [6.07, 6.45) is 6.64. The van der Waals surface area contributed by atoms with E-state index in [1.807, 2.05) is 6.20 Å². The molecule has 1 heterocycles. The Bertz CT molecular complexity index is 320. The molecule has 0 saturated heterocycles. The molecular weight excluding hydrogens is 150 g/mol. The van der Waals surface area contributed by atoms with E-state index < -0.39 is 0 Å². The summed E-state index contributed by atoms with van der Waals surface area (Å²) in [6.45, 7) is 2.18. The van der Waals surface area contributed by atoms with Gasteiger partial charge in [0.15, 0.2) is 6.29 Å². The molecular formula is C10H11NO. The molecule has 0 saturated carbocycles. The van der Waals surface area contributed by atoms with E-state index in [2.05, 4.69) is 11.9 Å². The molecule has 0 aliphatic heterocycles. The number of rotatable bonds is 1. The number of nitrogens with zero attached hydrogens (tertiary/aromatic N) is 1. The molecule has 0 N–H and O–H groups in total. The van der Waals surface area contributed by atoms with E-state index in [1.54, 1.807) is 6.20 Å². The minimum Gasteiger partial charge on any atom is -0.298 e. The summed E-state index contributed by atoms with van der Waals surface area (Å²) in [5, 5.41) is 0. The van der Waals surface area contributed by atoms with Crippen molar-refractivity contribution in [2.45, 2.75) is 25.7 Å². The zero-order valence-corrected chi connectivity index (χ0v) is 7.08. The van der Waals surface area contributed by atoms with Gasteiger partial charge in [0.2, 0.25) is 0 Å². The summed E-state index contributed by atoms with van der Waals surface area (Å²) in [6, 6.07) is 0. The topological polar surface area (TPSA) is 30.0 Å². The van der Waals surface area contributed by atoms with Gasteiger partial charge in [-0.05, 0) is 29.9 Å². The molecule has 12 heavy (non-hydrogen) atoms. The Morgan fingerprint density at radius 1 is 1.58 bits per heavy atom. The van der Waals surface area contributed by atoms with Crippen LogP contribution in [0, 0.1) is 0 Å². The van der Waals surface area contributed by atoms with Gasteiger partial charge in [0, 0.05) is 18.0 Å². The molecule has 2 heteroatoms. The third kappa shape index (κ3) is 0.951. The summed E-state index contributed by atoms with van der Waals surface area (Å²) in [4.78, 5) is 14.7. The summed E-state index contributed by atoms with van der Waals surface area (Å²) in [7, 11) is 0. The molecule has 0 spiro atoms. The minimum atomic E-state index is 0.576. The van der Waals surface area contributed by atoms with Gasteiger partial charge >= 0.3 is 0 Å². The van der Waals surface area contributed by atoms with Gasteiger partial charge in [0.1, 0.15) is 0 Å². The first-order valence-corrected chi connectivity index (χ1v) is 4.25. The zero-order valence-electron chi connectivity index (χ0n) is 7.08. The molecule has 1 unspecified atom stereocenters. The molecule has 0 aromatic carbocycles. The Kier molecular flexibility index (Phi) is 1.68. The van der Waals surface area contributed by atoms with Crippen molar-refractivity contribution in [2.24, 2.45) is 0 Å². The number of aromatic nitrogens is 1. The minimum absolute atomic E-state index is 0.576. The van der Waals surface area contributed by atoms with E-state index in [0.29, 0.717) is 5.92 Å². The third-order valence-electron chi connectivity index (χ3n) is 2.61. The number of aldehydes is 1. The number of hydrogen-bond donors (Lipinski definition) is 0. The number of pyridine rings is 1. The fourth-order valence-electron chi connectivity index (χ4n) is 1.85. The predicted octanol–water partition coefficient (Wildman–Crippen LogP) is 1.94. The van der Waals surface area contributed by atoms with Gasteiger partial charge < -0.3 is 0 Å². The molecule has 0 radical (unpaired) electrons. The first-order valence-electron chi connectivity index (χ1n) is 4.25. The molecule has 0 fully saturated rings. The predicted molar refractivity (Wildman–Crippen MR) is 46.4 cm³/mol. The highest BCUT2D eigenvalue weighted by molar-refractivity contribution is 5.77.